The van der Waals surface area contributed by atoms with E-state index in [0.29, 0.717) is 39.1 Å². The molecule has 2 fully saturated rings. The van der Waals surface area contributed by atoms with Crippen molar-refractivity contribution in [2.45, 2.75) is 187 Å². The van der Waals surface area contributed by atoms with Crippen LogP contribution in [0.3, 0.4) is 0 Å². The summed E-state index contributed by atoms with van der Waals surface area (Å²) in [6.07, 6.45) is 22.1. The van der Waals surface area contributed by atoms with Crippen molar-refractivity contribution in [1.29, 1.82) is 0 Å². The van der Waals surface area contributed by atoms with Gasteiger partial charge in [0.1, 0.15) is 6.61 Å². The zero-order valence-corrected chi connectivity index (χ0v) is 28.5. The maximum Gasteiger partial charge on any atom is 0.322 e. The van der Waals surface area contributed by atoms with Crippen molar-refractivity contribution in [3.8, 4) is 0 Å². The fourth-order valence-corrected chi connectivity index (χ4v) is 6.91. The maximum absolute atomic E-state index is 12.5. The molecule has 7 heteroatoms. The number of carbonyl (C=O) groups excluding carboxylic acids is 2. The van der Waals surface area contributed by atoms with Crippen LogP contribution in [0.15, 0.2) is 0 Å². The Balaban J connectivity index is 1.59. The summed E-state index contributed by atoms with van der Waals surface area (Å²) in [5.41, 5.74) is -1.25. The van der Waals surface area contributed by atoms with Gasteiger partial charge in [0.05, 0.1) is 29.7 Å². The molecule has 0 amide bonds. The van der Waals surface area contributed by atoms with Gasteiger partial charge in [0, 0.05) is 26.2 Å². The van der Waals surface area contributed by atoms with Crippen LogP contribution in [0.5, 0.6) is 0 Å². The minimum atomic E-state index is -0.750. The molecule has 246 valence electrons. The predicted molar refractivity (Wildman–Crippen MR) is 169 cm³/mol. The fourth-order valence-electron chi connectivity index (χ4n) is 6.91. The van der Waals surface area contributed by atoms with E-state index in [0.717, 1.165) is 19.3 Å². The van der Waals surface area contributed by atoms with Gasteiger partial charge in [0.25, 0.3) is 0 Å². The van der Waals surface area contributed by atoms with E-state index in [1.807, 2.05) is 27.7 Å². The van der Waals surface area contributed by atoms with Crippen LogP contribution >= 0.6 is 0 Å². The monoisotopic (exact) mass is 595 g/mol. The molecule has 0 aliphatic carbocycles. The standard InChI is InChI=1S/C35H65NO6/c1-8-10-11-12-13-14-15-16-17-18-19-20-21-22-23-24-31(38)39-27-34(9-2)28-40-35(41-29-34)25-32(4,5)36(42-30(3)37)33(6,7)26-35/h8-29H2,1-7H3. The van der Waals surface area contributed by atoms with Gasteiger partial charge in [0.15, 0.2) is 5.79 Å². The number of hydroxylamine groups is 2. The van der Waals surface area contributed by atoms with Crippen molar-refractivity contribution >= 4 is 11.9 Å². The summed E-state index contributed by atoms with van der Waals surface area (Å²) in [6.45, 7) is 15.3. The van der Waals surface area contributed by atoms with E-state index in [2.05, 4.69) is 13.8 Å². The first kappa shape index (κ1) is 37.0. The van der Waals surface area contributed by atoms with E-state index in [9.17, 15) is 9.59 Å². The first-order valence-corrected chi connectivity index (χ1v) is 17.3. The molecule has 2 aliphatic heterocycles. The number of carbonyl (C=O) groups is 2. The Hall–Kier alpha value is -1.18. The van der Waals surface area contributed by atoms with Crippen molar-refractivity contribution in [1.82, 2.24) is 5.06 Å². The molecule has 2 aliphatic rings. The molecule has 0 unspecified atom stereocenters. The highest BCUT2D eigenvalue weighted by Gasteiger charge is 2.58. The molecule has 2 heterocycles. The Morgan fingerprint density at radius 3 is 1.52 bits per heavy atom. The molecular weight excluding hydrogens is 530 g/mol. The van der Waals surface area contributed by atoms with Crippen LogP contribution in [0.25, 0.3) is 0 Å². The summed E-state index contributed by atoms with van der Waals surface area (Å²) in [5, 5.41) is 1.79. The highest BCUT2D eigenvalue weighted by atomic mass is 16.7. The number of hydrogen-bond donors (Lipinski definition) is 0. The summed E-state index contributed by atoms with van der Waals surface area (Å²) < 4.78 is 18.7. The van der Waals surface area contributed by atoms with E-state index < -0.39 is 16.9 Å². The lowest BCUT2D eigenvalue weighted by molar-refractivity contribution is -0.375. The molecule has 2 rings (SSSR count). The fraction of sp³-hybridized carbons (Fsp3) is 0.943. The molecule has 0 saturated carbocycles. The normalized spacial score (nSPS) is 20.8. The lowest BCUT2D eigenvalue weighted by atomic mass is 9.76. The zero-order valence-electron chi connectivity index (χ0n) is 28.5. The second-order valence-electron chi connectivity index (χ2n) is 14.6. The van der Waals surface area contributed by atoms with Gasteiger partial charge in [0.2, 0.25) is 0 Å². The van der Waals surface area contributed by atoms with Crippen molar-refractivity contribution in [3.63, 3.8) is 0 Å². The molecule has 7 nitrogen and oxygen atoms in total. The van der Waals surface area contributed by atoms with Gasteiger partial charge in [-0.2, -0.15) is 0 Å². The molecule has 0 bridgehead atoms. The SMILES string of the molecule is CCCCCCCCCCCCCCCCCC(=O)OCC1(CC)COC2(CC(C)(C)N(OC(C)=O)C(C)(C)C2)OC1. The number of hydrogen-bond acceptors (Lipinski definition) is 7. The largest absolute Gasteiger partial charge is 0.465 e. The molecule has 2 saturated heterocycles. The van der Waals surface area contributed by atoms with Crippen LogP contribution < -0.4 is 0 Å². The van der Waals surface area contributed by atoms with E-state index in [4.69, 9.17) is 19.0 Å². The molecule has 0 aromatic heterocycles. The summed E-state index contributed by atoms with van der Waals surface area (Å²) in [4.78, 5) is 29.9. The molecule has 0 N–H and O–H groups in total. The molecule has 0 aromatic rings. The van der Waals surface area contributed by atoms with Gasteiger partial charge in [-0.05, 0) is 40.5 Å². The highest BCUT2D eigenvalue weighted by Crippen LogP contribution is 2.49. The van der Waals surface area contributed by atoms with Crippen molar-refractivity contribution in [2.24, 2.45) is 5.41 Å². The third-order valence-corrected chi connectivity index (χ3v) is 9.28. The Labute approximate surface area is 258 Å². The summed E-state index contributed by atoms with van der Waals surface area (Å²) in [6, 6.07) is 0. The van der Waals surface area contributed by atoms with Crippen LogP contribution in [0.4, 0.5) is 0 Å². The predicted octanol–water partition coefficient (Wildman–Crippen LogP) is 9.06. The van der Waals surface area contributed by atoms with Gasteiger partial charge in [-0.15, -0.1) is 5.06 Å². The highest BCUT2D eigenvalue weighted by molar-refractivity contribution is 5.69. The number of nitrogens with zero attached hydrogens (tertiary/aromatic N) is 1. The van der Waals surface area contributed by atoms with Gasteiger partial charge < -0.3 is 19.0 Å². The maximum atomic E-state index is 12.5. The topological polar surface area (TPSA) is 74.3 Å². The first-order valence-electron chi connectivity index (χ1n) is 17.3. The molecule has 1 spiro atoms. The Bertz CT molecular complexity index is 766. The second kappa shape index (κ2) is 17.9. The molecule has 0 atom stereocenters. The lowest BCUT2D eigenvalue weighted by Gasteiger charge is -2.58. The number of piperidine rings is 1. The Morgan fingerprint density at radius 2 is 1.12 bits per heavy atom. The van der Waals surface area contributed by atoms with Crippen LogP contribution in [0.1, 0.15) is 170 Å². The zero-order chi connectivity index (χ0) is 31.1. The minimum Gasteiger partial charge on any atom is -0.465 e. The minimum absolute atomic E-state index is 0.116. The van der Waals surface area contributed by atoms with Crippen molar-refractivity contribution in [2.75, 3.05) is 19.8 Å². The average Bonchev–Trinajstić information content (AvgIpc) is 2.92. The van der Waals surface area contributed by atoms with Crippen molar-refractivity contribution < 1.29 is 28.6 Å². The second-order valence-corrected chi connectivity index (χ2v) is 14.6. The third-order valence-electron chi connectivity index (χ3n) is 9.28. The molecule has 42 heavy (non-hydrogen) atoms. The molecular formula is C35H65NO6. The first-order chi connectivity index (χ1) is 19.9. The summed E-state index contributed by atoms with van der Waals surface area (Å²) in [7, 11) is 0. The van der Waals surface area contributed by atoms with Crippen LogP contribution in [0.2, 0.25) is 0 Å². The van der Waals surface area contributed by atoms with E-state index in [1.54, 1.807) is 5.06 Å². The average molecular weight is 596 g/mol. The van der Waals surface area contributed by atoms with Crippen LogP contribution in [-0.4, -0.2) is 53.7 Å². The van der Waals surface area contributed by atoms with Gasteiger partial charge in [-0.1, -0.05) is 104 Å². The molecule has 0 aromatic carbocycles. The Kier molecular flexibility index (Phi) is 15.8. The van der Waals surface area contributed by atoms with Crippen LogP contribution in [-0.2, 0) is 28.6 Å². The number of ether oxygens (including phenoxy) is 3. The van der Waals surface area contributed by atoms with Gasteiger partial charge in [-0.25, -0.2) is 0 Å². The number of rotatable bonds is 20. The number of esters is 1. The third kappa shape index (κ3) is 12.4. The van der Waals surface area contributed by atoms with Crippen LogP contribution in [0, 0.1) is 5.41 Å². The summed E-state index contributed by atoms with van der Waals surface area (Å²) in [5.74, 6) is -1.19. The number of unbranched alkanes of at least 4 members (excludes halogenated alkanes) is 14. The van der Waals surface area contributed by atoms with E-state index in [1.165, 1.54) is 90.4 Å². The molecule has 0 radical (unpaired) electrons. The van der Waals surface area contributed by atoms with E-state index >= 15 is 0 Å². The summed E-state index contributed by atoms with van der Waals surface area (Å²) >= 11 is 0. The quantitative estimate of drug-likeness (QED) is 0.103. The smallest absolute Gasteiger partial charge is 0.322 e. The Morgan fingerprint density at radius 1 is 0.690 bits per heavy atom. The van der Waals surface area contributed by atoms with Crippen molar-refractivity contribution in [3.05, 3.63) is 0 Å². The van der Waals surface area contributed by atoms with Gasteiger partial charge >= 0.3 is 11.9 Å². The van der Waals surface area contributed by atoms with E-state index in [-0.39, 0.29) is 17.4 Å². The lowest BCUT2D eigenvalue weighted by Crippen LogP contribution is -2.68. The van der Waals surface area contributed by atoms with Gasteiger partial charge in [-0.3, -0.25) is 9.59 Å².